The molecule has 2 aliphatic rings. The molecule has 0 spiro atoms. The van der Waals surface area contributed by atoms with Crippen molar-refractivity contribution < 1.29 is 9.59 Å². The molecule has 0 radical (unpaired) electrons. The Labute approximate surface area is 158 Å². The van der Waals surface area contributed by atoms with E-state index in [0.29, 0.717) is 17.2 Å². The van der Waals surface area contributed by atoms with Gasteiger partial charge in [-0.3, -0.25) is 9.59 Å². The second-order valence-electron chi connectivity index (χ2n) is 7.00. The number of piperidine rings is 1. The van der Waals surface area contributed by atoms with E-state index in [1.54, 1.807) is 11.8 Å². The largest absolute Gasteiger partial charge is 0.347 e. The molecule has 0 aromatic heterocycles. The molecule has 1 N–H and O–H groups in total. The van der Waals surface area contributed by atoms with Gasteiger partial charge in [-0.1, -0.05) is 36.4 Å². The van der Waals surface area contributed by atoms with Gasteiger partial charge >= 0.3 is 0 Å². The summed E-state index contributed by atoms with van der Waals surface area (Å²) >= 11 is 1.58. The first kappa shape index (κ1) is 17.2. The molecule has 1 heterocycles. The number of carbonyl (C=O) groups excluding carboxylic acids is 2. The van der Waals surface area contributed by atoms with Crippen LogP contribution in [0.5, 0.6) is 0 Å². The van der Waals surface area contributed by atoms with E-state index in [4.69, 9.17) is 0 Å². The fourth-order valence-corrected chi connectivity index (χ4v) is 4.86. The molecule has 4 nitrogen and oxygen atoms in total. The molecule has 1 aliphatic carbocycles. The summed E-state index contributed by atoms with van der Waals surface area (Å²) in [6.07, 6.45) is 1.97. The minimum absolute atomic E-state index is 0.0470. The first-order valence-corrected chi connectivity index (χ1v) is 10.0. The Bertz CT molecular complexity index is 781. The van der Waals surface area contributed by atoms with Crippen molar-refractivity contribution in [2.75, 3.05) is 12.3 Å². The molecule has 5 heteroatoms. The van der Waals surface area contributed by atoms with Crippen molar-refractivity contribution >= 4 is 23.6 Å². The molecule has 2 fully saturated rings. The quantitative estimate of drug-likeness (QED) is 0.827. The third kappa shape index (κ3) is 3.63. The molecule has 26 heavy (non-hydrogen) atoms. The summed E-state index contributed by atoms with van der Waals surface area (Å²) in [6.45, 7) is 0.830. The molecule has 2 aromatic carbocycles. The standard InChI is InChI=1S/C21H22N2O2S/c24-20(14-26-17-9-5-2-6-10-17)23-13-15-11-18(19(23)12-15)22-21(25)16-7-3-1-4-8-16/h1-10,15,18-19H,11-14H2,(H,22,25)/t15-,18+,19-/m1/s1. The Morgan fingerprint density at radius 3 is 2.38 bits per heavy atom. The number of amides is 2. The number of hydrogen-bond donors (Lipinski definition) is 1. The first-order chi connectivity index (χ1) is 12.7. The summed E-state index contributed by atoms with van der Waals surface area (Å²) in [5, 5.41) is 3.15. The average Bonchev–Trinajstić information content (AvgIpc) is 3.28. The molecule has 1 saturated carbocycles. The highest BCUT2D eigenvalue weighted by atomic mass is 32.2. The van der Waals surface area contributed by atoms with E-state index in [-0.39, 0.29) is 23.9 Å². The molecular weight excluding hydrogens is 344 g/mol. The lowest BCUT2D eigenvalue weighted by atomic mass is 10.0. The van der Waals surface area contributed by atoms with Crippen molar-refractivity contribution in [1.82, 2.24) is 10.2 Å². The third-order valence-electron chi connectivity index (χ3n) is 5.26. The van der Waals surface area contributed by atoms with Gasteiger partial charge in [0.25, 0.3) is 5.91 Å². The SMILES string of the molecule is O=C(N[C@H]1C[C@@H]2C[C@H]1N(C(=O)CSc1ccccc1)C2)c1ccccc1. The number of hydrogen-bond acceptors (Lipinski definition) is 3. The Morgan fingerprint density at radius 2 is 1.69 bits per heavy atom. The molecule has 2 aromatic rings. The number of carbonyl (C=O) groups is 2. The van der Waals surface area contributed by atoms with Crippen molar-refractivity contribution in [3.63, 3.8) is 0 Å². The second-order valence-corrected chi connectivity index (χ2v) is 8.05. The summed E-state index contributed by atoms with van der Waals surface area (Å²) in [5.74, 6) is 1.08. The Hall–Kier alpha value is -2.27. The molecule has 1 saturated heterocycles. The molecule has 134 valence electrons. The fourth-order valence-electron chi connectivity index (χ4n) is 4.05. The van der Waals surface area contributed by atoms with Crippen LogP contribution in [-0.2, 0) is 4.79 Å². The number of fused-ring (bicyclic) bond motifs is 2. The lowest BCUT2D eigenvalue weighted by Crippen LogP contribution is -2.52. The highest BCUT2D eigenvalue weighted by molar-refractivity contribution is 8.00. The van der Waals surface area contributed by atoms with E-state index in [2.05, 4.69) is 5.32 Å². The monoisotopic (exact) mass is 366 g/mol. The second kappa shape index (κ2) is 7.54. The maximum Gasteiger partial charge on any atom is 0.251 e. The molecular formula is C21H22N2O2S. The number of likely N-dealkylation sites (tertiary alicyclic amines) is 1. The van der Waals surface area contributed by atoms with Crippen LogP contribution in [0.4, 0.5) is 0 Å². The highest BCUT2D eigenvalue weighted by Gasteiger charge is 2.47. The maximum atomic E-state index is 12.7. The van der Waals surface area contributed by atoms with E-state index < -0.39 is 0 Å². The predicted octanol–water partition coefficient (Wildman–Crippen LogP) is 3.20. The van der Waals surface area contributed by atoms with Crippen LogP contribution in [0.2, 0.25) is 0 Å². The lowest BCUT2D eigenvalue weighted by Gasteiger charge is -2.33. The first-order valence-electron chi connectivity index (χ1n) is 9.04. The molecule has 4 rings (SSSR count). The van der Waals surface area contributed by atoms with E-state index in [0.717, 1.165) is 24.3 Å². The fraction of sp³-hybridized carbons (Fsp3) is 0.333. The summed E-state index contributed by atoms with van der Waals surface area (Å²) in [7, 11) is 0. The van der Waals surface area contributed by atoms with Crippen LogP contribution in [0.15, 0.2) is 65.6 Å². The molecule has 0 unspecified atom stereocenters. The van der Waals surface area contributed by atoms with Crippen LogP contribution in [0.1, 0.15) is 23.2 Å². The van der Waals surface area contributed by atoms with Crippen LogP contribution in [0.3, 0.4) is 0 Å². The molecule has 2 bridgehead atoms. The number of benzene rings is 2. The maximum absolute atomic E-state index is 12.7. The molecule has 3 atom stereocenters. The van der Waals surface area contributed by atoms with Crippen LogP contribution >= 0.6 is 11.8 Å². The van der Waals surface area contributed by atoms with Gasteiger partial charge in [0, 0.05) is 23.0 Å². The Kier molecular flexibility index (Phi) is 4.98. The van der Waals surface area contributed by atoms with Crippen LogP contribution < -0.4 is 5.32 Å². The number of nitrogens with one attached hydrogen (secondary N) is 1. The van der Waals surface area contributed by atoms with Gasteiger partial charge in [-0.05, 0) is 43.0 Å². The normalized spacial score (nSPS) is 23.8. The van der Waals surface area contributed by atoms with E-state index in [1.165, 1.54) is 0 Å². The Morgan fingerprint density at radius 1 is 1.00 bits per heavy atom. The summed E-state index contributed by atoms with van der Waals surface area (Å²) < 4.78 is 0. The number of thioether (sulfide) groups is 1. The molecule has 2 amide bonds. The summed E-state index contributed by atoms with van der Waals surface area (Å²) in [6, 6.07) is 19.5. The zero-order chi connectivity index (χ0) is 17.9. The zero-order valence-electron chi connectivity index (χ0n) is 14.5. The van der Waals surface area contributed by atoms with Gasteiger partial charge in [0.2, 0.25) is 5.91 Å². The van der Waals surface area contributed by atoms with Crippen molar-refractivity contribution in [2.45, 2.75) is 29.8 Å². The van der Waals surface area contributed by atoms with Gasteiger partial charge in [0.05, 0.1) is 11.8 Å². The van der Waals surface area contributed by atoms with Crippen LogP contribution in [0.25, 0.3) is 0 Å². The van der Waals surface area contributed by atoms with Crippen LogP contribution in [-0.4, -0.2) is 41.1 Å². The average molecular weight is 366 g/mol. The summed E-state index contributed by atoms with van der Waals surface area (Å²) in [4.78, 5) is 28.2. The van der Waals surface area contributed by atoms with Gasteiger partial charge < -0.3 is 10.2 Å². The van der Waals surface area contributed by atoms with Gasteiger partial charge in [0.1, 0.15) is 0 Å². The molecule has 1 aliphatic heterocycles. The smallest absolute Gasteiger partial charge is 0.251 e. The van der Waals surface area contributed by atoms with Crippen molar-refractivity contribution in [2.24, 2.45) is 5.92 Å². The van der Waals surface area contributed by atoms with Crippen molar-refractivity contribution in [3.8, 4) is 0 Å². The van der Waals surface area contributed by atoms with E-state index in [9.17, 15) is 9.59 Å². The third-order valence-corrected chi connectivity index (χ3v) is 6.26. The topological polar surface area (TPSA) is 49.4 Å². The minimum atomic E-state index is -0.0470. The van der Waals surface area contributed by atoms with Crippen molar-refractivity contribution in [3.05, 3.63) is 66.2 Å². The van der Waals surface area contributed by atoms with E-state index in [1.807, 2.05) is 65.6 Å². The minimum Gasteiger partial charge on any atom is -0.347 e. The Balaban J connectivity index is 1.36. The van der Waals surface area contributed by atoms with E-state index >= 15 is 0 Å². The van der Waals surface area contributed by atoms with Crippen LogP contribution in [0, 0.1) is 5.92 Å². The summed E-state index contributed by atoms with van der Waals surface area (Å²) in [5.41, 5.74) is 0.674. The lowest BCUT2D eigenvalue weighted by molar-refractivity contribution is -0.130. The predicted molar refractivity (Wildman–Crippen MR) is 103 cm³/mol. The van der Waals surface area contributed by atoms with Gasteiger partial charge in [0.15, 0.2) is 0 Å². The van der Waals surface area contributed by atoms with Gasteiger partial charge in [-0.15, -0.1) is 11.8 Å². The number of rotatable bonds is 5. The van der Waals surface area contributed by atoms with Gasteiger partial charge in [-0.2, -0.15) is 0 Å². The van der Waals surface area contributed by atoms with Gasteiger partial charge in [-0.25, -0.2) is 0 Å². The van der Waals surface area contributed by atoms with Crippen molar-refractivity contribution in [1.29, 1.82) is 0 Å². The number of nitrogens with zero attached hydrogens (tertiary/aromatic N) is 1. The highest BCUT2D eigenvalue weighted by Crippen LogP contribution is 2.38. The zero-order valence-corrected chi connectivity index (χ0v) is 15.3.